The van der Waals surface area contributed by atoms with Gasteiger partial charge in [0.25, 0.3) is 5.69 Å². The smallest absolute Gasteiger partial charge is 0.352 e. The monoisotopic (exact) mass is 415 g/mol. The molecule has 9 heteroatoms. The molecule has 0 N–H and O–H groups in total. The average molecular weight is 415 g/mol. The number of hydrogen-bond acceptors (Lipinski definition) is 8. The number of nitro groups is 1. The van der Waals surface area contributed by atoms with Crippen molar-refractivity contribution in [2.75, 3.05) is 13.2 Å². The summed E-state index contributed by atoms with van der Waals surface area (Å²) in [6.45, 7) is 2.35. The topological polar surface area (TPSA) is 114 Å². The maximum absolute atomic E-state index is 12.3. The maximum atomic E-state index is 12.3. The van der Waals surface area contributed by atoms with Crippen LogP contribution in [0.2, 0.25) is 0 Å². The van der Waals surface area contributed by atoms with Crippen molar-refractivity contribution in [3.8, 4) is 11.5 Å². The number of nitrogens with zero attached hydrogens (tertiary/aromatic N) is 1. The number of carbonyl (C=O) groups excluding carboxylic acids is 2. The maximum Gasteiger partial charge on any atom is 0.352 e. The van der Waals surface area contributed by atoms with Crippen molar-refractivity contribution in [1.29, 1.82) is 0 Å². The fraction of sp³-hybridized carbons (Fsp3) is 0.333. The Kier molecular flexibility index (Phi) is 6.97. The third-order valence-electron chi connectivity index (χ3n) is 4.40. The number of nitro benzene ring substituents is 1. The second kappa shape index (κ2) is 9.84. The van der Waals surface area contributed by atoms with Crippen LogP contribution in [0.15, 0.2) is 48.5 Å². The summed E-state index contributed by atoms with van der Waals surface area (Å²) in [6.07, 6.45) is 0.764. The second-order valence-corrected chi connectivity index (χ2v) is 6.69. The third-order valence-corrected chi connectivity index (χ3v) is 4.40. The highest BCUT2D eigenvalue weighted by molar-refractivity contribution is 5.90. The van der Waals surface area contributed by atoms with Gasteiger partial charge in [-0.25, -0.2) is 9.59 Å². The van der Waals surface area contributed by atoms with Gasteiger partial charge in [-0.3, -0.25) is 10.1 Å². The summed E-state index contributed by atoms with van der Waals surface area (Å²) < 4.78 is 21.4. The lowest BCUT2D eigenvalue weighted by molar-refractivity contribution is -0.384. The van der Waals surface area contributed by atoms with Crippen molar-refractivity contribution in [2.24, 2.45) is 0 Å². The first kappa shape index (κ1) is 21.3. The minimum atomic E-state index is -0.971. The Morgan fingerprint density at radius 1 is 1.20 bits per heavy atom. The first-order chi connectivity index (χ1) is 14.4. The molecule has 1 heterocycles. The molecule has 1 aliphatic rings. The predicted octanol–water partition coefficient (Wildman–Crippen LogP) is 3.30. The molecule has 0 bridgehead atoms. The van der Waals surface area contributed by atoms with E-state index in [1.807, 2.05) is 0 Å². The molecule has 0 aliphatic carbocycles. The van der Waals surface area contributed by atoms with Gasteiger partial charge in [-0.05, 0) is 50.1 Å². The van der Waals surface area contributed by atoms with Gasteiger partial charge in [0.05, 0.1) is 16.6 Å². The van der Waals surface area contributed by atoms with E-state index in [1.54, 1.807) is 12.1 Å². The van der Waals surface area contributed by atoms with Crippen molar-refractivity contribution in [1.82, 2.24) is 0 Å². The Morgan fingerprint density at radius 3 is 2.63 bits per heavy atom. The van der Waals surface area contributed by atoms with Gasteiger partial charge in [0.1, 0.15) is 18.1 Å². The van der Waals surface area contributed by atoms with E-state index in [9.17, 15) is 19.7 Å². The van der Waals surface area contributed by atoms with Crippen LogP contribution in [0.4, 0.5) is 5.69 Å². The highest BCUT2D eigenvalue weighted by Gasteiger charge is 2.20. The van der Waals surface area contributed by atoms with Crippen LogP contribution in [0.1, 0.15) is 30.1 Å². The molecule has 1 aliphatic heterocycles. The minimum absolute atomic E-state index is 0.0765. The number of esters is 2. The fourth-order valence-corrected chi connectivity index (χ4v) is 2.81. The van der Waals surface area contributed by atoms with E-state index in [2.05, 4.69) is 0 Å². The van der Waals surface area contributed by atoms with Crippen molar-refractivity contribution in [3.05, 3.63) is 64.2 Å². The molecule has 0 saturated carbocycles. The number of hydrogen-bond donors (Lipinski definition) is 0. The van der Waals surface area contributed by atoms with Crippen LogP contribution >= 0.6 is 0 Å². The minimum Gasteiger partial charge on any atom is -0.479 e. The van der Waals surface area contributed by atoms with Gasteiger partial charge in [-0.2, -0.15) is 0 Å². The number of carbonyl (C=O) groups is 2. The second-order valence-electron chi connectivity index (χ2n) is 6.69. The largest absolute Gasteiger partial charge is 0.479 e. The normalized spacial score (nSPS) is 16.5. The number of ether oxygens (including phenoxy) is 4. The lowest BCUT2D eigenvalue weighted by atomic mass is 10.2. The summed E-state index contributed by atoms with van der Waals surface area (Å²) >= 11 is 0. The zero-order valence-electron chi connectivity index (χ0n) is 16.3. The molecule has 2 aromatic carbocycles. The molecule has 1 saturated heterocycles. The Bertz CT molecular complexity index is 905. The summed E-state index contributed by atoms with van der Waals surface area (Å²) in [5.74, 6) is -0.751. The molecule has 9 nitrogen and oxygen atoms in total. The molecule has 0 amide bonds. The first-order valence-electron chi connectivity index (χ1n) is 9.44. The van der Waals surface area contributed by atoms with Crippen molar-refractivity contribution >= 4 is 17.6 Å². The van der Waals surface area contributed by atoms with Gasteiger partial charge >= 0.3 is 11.9 Å². The van der Waals surface area contributed by atoms with Crippen LogP contribution in [0.5, 0.6) is 11.5 Å². The molecule has 3 rings (SSSR count). The highest BCUT2D eigenvalue weighted by atomic mass is 16.6. The molecule has 0 spiro atoms. The van der Waals surface area contributed by atoms with Gasteiger partial charge in [-0.1, -0.05) is 6.07 Å². The molecule has 2 atom stereocenters. The Balaban J connectivity index is 1.54. The molecular weight excluding hydrogens is 394 g/mol. The zero-order valence-corrected chi connectivity index (χ0v) is 16.3. The number of benzene rings is 2. The molecule has 158 valence electrons. The van der Waals surface area contributed by atoms with E-state index in [-0.39, 0.29) is 35.5 Å². The molecule has 0 aromatic heterocycles. The number of rotatable bonds is 8. The van der Waals surface area contributed by atoms with Crippen molar-refractivity contribution in [3.63, 3.8) is 0 Å². The summed E-state index contributed by atoms with van der Waals surface area (Å²) in [6, 6.07) is 11.4. The van der Waals surface area contributed by atoms with Gasteiger partial charge in [-0.15, -0.1) is 0 Å². The van der Waals surface area contributed by atoms with Crippen LogP contribution in [0, 0.1) is 10.1 Å². The Morgan fingerprint density at radius 2 is 1.97 bits per heavy atom. The first-order valence-corrected chi connectivity index (χ1v) is 9.44. The van der Waals surface area contributed by atoms with E-state index in [0.29, 0.717) is 6.61 Å². The SMILES string of the molecule is CC(Oc1ccc([N+](=O)[O-])cc1)C(=O)Oc1cccc(C(=O)OCC2CCCO2)c1. The van der Waals surface area contributed by atoms with Gasteiger partial charge in [0.2, 0.25) is 0 Å². The van der Waals surface area contributed by atoms with Gasteiger partial charge in [0.15, 0.2) is 6.10 Å². The average Bonchev–Trinajstić information content (AvgIpc) is 3.26. The summed E-state index contributed by atoms with van der Waals surface area (Å²) in [4.78, 5) is 34.6. The summed E-state index contributed by atoms with van der Waals surface area (Å²) in [5, 5.41) is 10.7. The lowest BCUT2D eigenvalue weighted by Crippen LogP contribution is -2.28. The highest BCUT2D eigenvalue weighted by Crippen LogP contribution is 2.20. The molecular formula is C21H21NO8. The van der Waals surface area contributed by atoms with Gasteiger partial charge in [0, 0.05) is 18.7 Å². The van der Waals surface area contributed by atoms with E-state index in [0.717, 1.165) is 12.8 Å². The molecule has 0 radical (unpaired) electrons. The predicted molar refractivity (Wildman–Crippen MR) is 105 cm³/mol. The van der Waals surface area contributed by atoms with Crippen LogP contribution in [-0.4, -0.2) is 42.3 Å². The van der Waals surface area contributed by atoms with Crippen LogP contribution in [-0.2, 0) is 14.3 Å². The zero-order chi connectivity index (χ0) is 21.5. The van der Waals surface area contributed by atoms with E-state index in [4.69, 9.17) is 18.9 Å². The molecule has 30 heavy (non-hydrogen) atoms. The summed E-state index contributed by atoms with van der Waals surface area (Å²) in [5.41, 5.74) is 0.169. The van der Waals surface area contributed by atoms with E-state index >= 15 is 0 Å². The molecule has 1 fully saturated rings. The number of non-ortho nitro benzene ring substituents is 1. The lowest BCUT2D eigenvalue weighted by Gasteiger charge is -2.14. The fourth-order valence-electron chi connectivity index (χ4n) is 2.81. The van der Waals surface area contributed by atoms with Crippen LogP contribution < -0.4 is 9.47 Å². The summed E-state index contributed by atoms with van der Waals surface area (Å²) in [7, 11) is 0. The van der Waals surface area contributed by atoms with Crippen molar-refractivity contribution in [2.45, 2.75) is 32.0 Å². The third kappa shape index (κ3) is 5.77. The Hall–Kier alpha value is -3.46. The van der Waals surface area contributed by atoms with Crippen molar-refractivity contribution < 1.29 is 33.5 Å². The molecule has 2 aromatic rings. The molecule has 2 unspecified atom stereocenters. The quantitative estimate of drug-likeness (QED) is 0.279. The van der Waals surface area contributed by atoms with E-state index in [1.165, 1.54) is 43.3 Å². The van der Waals surface area contributed by atoms with Crippen LogP contribution in [0.3, 0.4) is 0 Å². The Labute approximate surface area is 172 Å². The van der Waals surface area contributed by atoms with Crippen LogP contribution in [0.25, 0.3) is 0 Å². The van der Waals surface area contributed by atoms with E-state index < -0.39 is 23.0 Å². The van der Waals surface area contributed by atoms with Gasteiger partial charge < -0.3 is 18.9 Å². The standard InChI is InChI=1S/C21H21NO8/c1-14(29-17-9-7-16(8-10-17)22(25)26)20(23)30-18-5-2-4-15(12-18)21(24)28-13-19-6-3-11-27-19/h2,4-5,7-10,12,14,19H,3,6,11,13H2,1H3.